The molecule has 0 unspecified atom stereocenters. The smallest absolute Gasteiger partial charge is 0.331 e. The molecule has 0 aromatic heterocycles. The molecule has 0 radical (unpaired) electrons. The number of hydrogen-bond acceptors (Lipinski definition) is 5. The SMILES string of the molecule is COc1ccccc1C(=O)NC(=O)COC(=O)/C=C/c1ccc(C)c(Cl)c1. The minimum absolute atomic E-state index is 0.204. The van der Waals surface area contributed by atoms with Gasteiger partial charge >= 0.3 is 5.97 Å². The third-order valence-electron chi connectivity index (χ3n) is 3.56. The van der Waals surface area contributed by atoms with Gasteiger partial charge in [-0.2, -0.15) is 0 Å². The summed E-state index contributed by atoms with van der Waals surface area (Å²) < 4.78 is 9.88. The lowest BCUT2D eigenvalue weighted by Gasteiger charge is -2.08. The lowest BCUT2D eigenvalue weighted by Crippen LogP contribution is -2.34. The van der Waals surface area contributed by atoms with E-state index in [9.17, 15) is 14.4 Å². The minimum Gasteiger partial charge on any atom is -0.496 e. The van der Waals surface area contributed by atoms with Gasteiger partial charge in [0.1, 0.15) is 5.75 Å². The molecule has 0 aliphatic heterocycles. The topological polar surface area (TPSA) is 81.7 Å². The number of hydrogen-bond donors (Lipinski definition) is 1. The average Bonchev–Trinajstić information content (AvgIpc) is 2.67. The number of ether oxygens (including phenoxy) is 2. The molecule has 0 aliphatic rings. The maximum absolute atomic E-state index is 12.1. The van der Waals surface area contributed by atoms with Gasteiger partial charge in [-0.05, 0) is 42.3 Å². The van der Waals surface area contributed by atoms with E-state index < -0.39 is 24.4 Å². The van der Waals surface area contributed by atoms with E-state index in [0.717, 1.165) is 11.1 Å². The zero-order chi connectivity index (χ0) is 19.8. The number of amides is 2. The molecule has 2 rings (SSSR count). The first kappa shape index (κ1) is 20.2. The van der Waals surface area contributed by atoms with E-state index in [-0.39, 0.29) is 5.56 Å². The summed E-state index contributed by atoms with van der Waals surface area (Å²) in [6.07, 6.45) is 2.70. The van der Waals surface area contributed by atoms with Gasteiger partial charge in [-0.3, -0.25) is 14.9 Å². The highest BCUT2D eigenvalue weighted by molar-refractivity contribution is 6.31. The van der Waals surface area contributed by atoms with Crippen LogP contribution in [-0.2, 0) is 14.3 Å². The third-order valence-corrected chi connectivity index (χ3v) is 3.97. The van der Waals surface area contributed by atoms with Gasteiger partial charge in [-0.25, -0.2) is 4.79 Å². The molecular formula is C20H18ClNO5. The number of benzene rings is 2. The van der Waals surface area contributed by atoms with Crippen LogP contribution >= 0.6 is 11.6 Å². The van der Waals surface area contributed by atoms with E-state index in [1.165, 1.54) is 25.3 Å². The number of nitrogens with one attached hydrogen (secondary N) is 1. The Kier molecular flexibility index (Phi) is 7.14. The van der Waals surface area contributed by atoms with E-state index in [4.69, 9.17) is 21.1 Å². The van der Waals surface area contributed by atoms with Gasteiger partial charge in [0.25, 0.3) is 11.8 Å². The van der Waals surface area contributed by atoms with Crippen molar-refractivity contribution in [1.82, 2.24) is 5.32 Å². The Morgan fingerprint density at radius 2 is 1.89 bits per heavy atom. The Bertz CT molecular complexity index is 892. The first-order valence-electron chi connectivity index (χ1n) is 7.99. The average molecular weight is 388 g/mol. The van der Waals surface area contributed by atoms with E-state index in [1.807, 2.05) is 13.0 Å². The predicted molar refractivity (Wildman–Crippen MR) is 102 cm³/mol. The second-order valence-electron chi connectivity index (χ2n) is 5.53. The number of rotatable bonds is 6. The third kappa shape index (κ3) is 5.97. The summed E-state index contributed by atoms with van der Waals surface area (Å²) in [6, 6.07) is 11.8. The second kappa shape index (κ2) is 9.54. The van der Waals surface area contributed by atoms with Gasteiger partial charge in [0.2, 0.25) is 0 Å². The van der Waals surface area contributed by atoms with Crippen LogP contribution in [0.3, 0.4) is 0 Å². The van der Waals surface area contributed by atoms with Crippen molar-refractivity contribution in [1.29, 1.82) is 0 Å². The fourth-order valence-electron chi connectivity index (χ4n) is 2.12. The molecule has 0 bridgehead atoms. The number of carbonyl (C=O) groups excluding carboxylic acids is 3. The molecule has 2 aromatic carbocycles. The van der Waals surface area contributed by atoms with Crippen LogP contribution in [0.25, 0.3) is 6.08 Å². The van der Waals surface area contributed by atoms with E-state index >= 15 is 0 Å². The van der Waals surface area contributed by atoms with Gasteiger partial charge < -0.3 is 9.47 Å². The zero-order valence-electron chi connectivity index (χ0n) is 14.8. The summed E-state index contributed by atoms with van der Waals surface area (Å²) in [5.41, 5.74) is 1.85. The molecule has 0 spiro atoms. The fraction of sp³-hybridized carbons (Fsp3) is 0.150. The molecule has 140 valence electrons. The van der Waals surface area contributed by atoms with Crippen molar-refractivity contribution in [2.75, 3.05) is 13.7 Å². The Balaban J connectivity index is 1.85. The number of para-hydroxylation sites is 1. The maximum Gasteiger partial charge on any atom is 0.331 e. The van der Waals surface area contributed by atoms with Crippen LogP contribution in [0.4, 0.5) is 0 Å². The Morgan fingerprint density at radius 3 is 2.59 bits per heavy atom. The van der Waals surface area contributed by atoms with Crippen molar-refractivity contribution in [2.45, 2.75) is 6.92 Å². The summed E-state index contributed by atoms with van der Waals surface area (Å²) in [7, 11) is 1.42. The highest BCUT2D eigenvalue weighted by Crippen LogP contribution is 2.18. The summed E-state index contributed by atoms with van der Waals surface area (Å²) in [4.78, 5) is 35.6. The monoisotopic (exact) mass is 387 g/mol. The van der Waals surface area contributed by atoms with Crippen molar-refractivity contribution in [3.63, 3.8) is 0 Å². The number of methoxy groups -OCH3 is 1. The van der Waals surface area contributed by atoms with Crippen molar-refractivity contribution >= 4 is 35.5 Å². The normalized spacial score (nSPS) is 10.5. The largest absolute Gasteiger partial charge is 0.496 e. The van der Waals surface area contributed by atoms with Crippen molar-refractivity contribution in [3.8, 4) is 5.75 Å². The predicted octanol–water partition coefficient (Wildman–Crippen LogP) is 3.17. The Morgan fingerprint density at radius 1 is 1.15 bits per heavy atom. The lowest BCUT2D eigenvalue weighted by atomic mass is 10.1. The molecule has 2 amide bonds. The first-order chi connectivity index (χ1) is 12.9. The molecule has 0 fully saturated rings. The molecule has 1 N–H and O–H groups in total. The van der Waals surface area contributed by atoms with Crippen LogP contribution in [0.1, 0.15) is 21.5 Å². The number of esters is 1. The molecule has 2 aromatic rings. The molecular weight excluding hydrogens is 370 g/mol. The van der Waals surface area contributed by atoms with Crippen LogP contribution in [0.2, 0.25) is 5.02 Å². The van der Waals surface area contributed by atoms with E-state index in [0.29, 0.717) is 10.8 Å². The van der Waals surface area contributed by atoms with E-state index in [2.05, 4.69) is 5.32 Å². The standard InChI is InChI=1S/C20H18ClNO5/c1-13-7-8-14(11-16(13)21)9-10-19(24)27-12-18(23)22-20(25)15-5-3-4-6-17(15)26-2/h3-11H,12H2,1-2H3,(H,22,23,25)/b10-9+. The highest BCUT2D eigenvalue weighted by Gasteiger charge is 2.15. The van der Waals surface area contributed by atoms with Crippen molar-refractivity contribution in [2.24, 2.45) is 0 Å². The summed E-state index contributed by atoms with van der Waals surface area (Å²) in [5, 5.41) is 2.72. The summed E-state index contributed by atoms with van der Waals surface area (Å²) in [6.45, 7) is 1.29. The van der Waals surface area contributed by atoms with Gasteiger partial charge in [0, 0.05) is 11.1 Å². The van der Waals surface area contributed by atoms with Gasteiger partial charge in [0.15, 0.2) is 6.61 Å². The molecule has 0 saturated carbocycles. The van der Waals surface area contributed by atoms with Crippen LogP contribution in [0.5, 0.6) is 5.75 Å². The zero-order valence-corrected chi connectivity index (χ0v) is 15.6. The number of halogens is 1. The Labute approximate surface area is 161 Å². The minimum atomic E-state index is -0.744. The fourth-order valence-corrected chi connectivity index (χ4v) is 2.31. The highest BCUT2D eigenvalue weighted by atomic mass is 35.5. The van der Waals surface area contributed by atoms with Gasteiger partial charge in [0.05, 0.1) is 12.7 Å². The van der Waals surface area contributed by atoms with E-state index in [1.54, 1.807) is 30.3 Å². The molecule has 0 saturated heterocycles. The molecule has 7 heteroatoms. The van der Waals surface area contributed by atoms with Gasteiger partial charge in [-0.1, -0.05) is 35.9 Å². The Hall–Kier alpha value is -3.12. The number of aryl methyl sites for hydroxylation is 1. The summed E-state index contributed by atoms with van der Waals surface area (Å²) in [5.74, 6) is -1.77. The molecule has 0 heterocycles. The first-order valence-corrected chi connectivity index (χ1v) is 8.36. The van der Waals surface area contributed by atoms with Crippen molar-refractivity contribution < 1.29 is 23.9 Å². The van der Waals surface area contributed by atoms with Crippen LogP contribution < -0.4 is 10.1 Å². The molecule has 0 aliphatic carbocycles. The van der Waals surface area contributed by atoms with Crippen LogP contribution in [0.15, 0.2) is 48.5 Å². The molecule has 0 atom stereocenters. The molecule has 27 heavy (non-hydrogen) atoms. The maximum atomic E-state index is 12.1. The lowest BCUT2D eigenvalue weighted by molar-refractivity contribution is -0.143. The van der Waals surface area contributed by atoms with Gasteiger partial charge in [-0.15, -0.1) is 0 Å². The number of carbonyl (C=O) groups is 3. The van der Waals surface area contributed by atoms with Crippen molar-refractivity contribution in [3.05, 3.63) is 70.3 Å². The second-order valence-corrected chi connectivity index (χ2v) is 5.93. The summed E-state index contributed by atoms with van der Waals surface area (Å²) >= 11 is 6.01. The van der Waals surface area contributed by atoms with Crippen LogP contribution in [0, 0.1) is 6.92 Å². The van der Waals surface area contributed by atoms with Crippen LogP contribution in [-0.4, -0.2) is 31.5 Å². The number of imide groups is 1. The quantitative estimate of drug-likeness (QED) is 0.608. The molecule has 6 nitrogen and oxygen atoms in total.